The highest BCUT2D eigenvalue weighted by atomic mass is 35.5. The zero-order chi connectivity index (χ0) is 15.8. The molecule has 0 aromatic rings. The second-order valence-electron chi connectivity index (χ2n) is 5.77. The molecule has 0 radical (unpaired) electrons. The molecule has 124 valence electrons. The third-order valence-electron chi connectivity index (χ3n) is 4.10. The Hall–Kier alpha value is -0.170. The molecule has 0 aliphatic heterocycles. The van der Waals surface area contributed by atoms with Crippen molar-refractivity contribution in [1.82, 2.24) is 0 Å². The fraction of sp³-hybridized carbons (Fsp3) is 1.00. The van der Waals surface area contributed by atoms with Gasteiger partial charge in [-0.15, -0.1) is 11.6 Å². The first-order chi connectivity index (χ1) is 9.70. The first-order valence-electron chi connectivity index (χ1n) is 6.96. The van der Waals surface area contributed by atoms with Crippen molar-refractivity contribution in [2.45, 2.75) is 74.4 Å². The monoisotopic (exact) mass is 338 g/mol. The van der Waals surface area contributed by atoms with Gasteiger partial charge in [0.25, 0.3) is 0 Å². The molecule has 0 bridgehead atoms. The van der Waals surface area contributed by atoms with Crippen molar-refractivity contribution in [1.29, 1.82) is 0 Å². The van der Waals surface area contributed by atoms with Gasteiger partial charge in [-0.2, -0.15) is 8.78 Å². The third kappa shape index (κ3) is 3.97. The lowest BCUT2D eigenvalue weighted by Crippen LogP contribution is -2.50. The predicted octanol–water partition coefficient (Wildman–Crippen LogP) is 4.52. The predicted molar refractivity (Wildman–Crippen MR) is 65.6 cm³/mol. The van der Waals surface area contributed by atoms with Gasteiger partial charge in [0.05, 0.1) is 6.10 Å². The van der Waals surface area contributed by atoms with Crippen LogP contribution in [0.4, 0.5) is 26.3 Å². The van der Waals surface area contributed by atoms with Gasteiger partial charge in [0.2, 0.25) is 0 Å². The van der Waals surface area contributed by atoms with E-state index in [1.54, 1.807) is 0 Å². The van der Waals surface area contributed by atoms with Crippen molar-refractivity contribution in [3.8, 4) is 0 Å². The van der Waals surface area contributed by atoms with E-state index in [1.165, 1.54) is 0 Å². The lowest BCUT2D eigenvalue weighted by atomic mass is 9.84. The van der Waals surface area contributed by atoms with Gasteiger partial charge in [0.15, 0.2) is 0 Å². The highest BCUT2D eigenvalue weighted by Gasteiger charge is 2.55. The second-order valence-corrected chi connectivity index (χ2v) is 6.39. The van der Waals surface area contributed by atoms with Crippen molar-refractivity contribution in [2.24, 2.45) is 5.92 Å². The van der Waals surface area contributed by atoms with Crippen LogP contribution in [0.3, 0.4) is 0 Å². The number of hydrogen-bond donors (Lipinski definition) is 0. The number of alkyl halides is 7. The zero-order valence-corrected chi connectivity index (χ0v) is 11.9. The minimum Gasteiger partial charge on any atom is -0.317 e. The second kappa shape index (κ2) is 6.52. The molecule has 2 fully saturated rings. The highest BCUT2D eigenvalue weighted by molar-refractivity contribution is 6.20. The first kappa shape index (κ1) is 17.2. The smallest absolute Gasteiger partial charge is 0.317 e. The Kier molecular flexibility index (Phi) is 5.34. The summed E-state index contributed by atoms with van der Waals surface area (Å²) in [7, 11) is 0. The van der Waals surface area contributed by atoms with E-state index >= 15 is 0 Å². The van der Waals surface area contributed by atoms with Crippen LogP contribution >= 0.6 is 11.6 Å². The van der Waals surface area contributed by atoms with Gasteiger partial charge in [0, 0.05) is 11.8 Å². The Labute approximate surface area is 124 Å². The normalized spacial score (nSPS) is 45.6. The van der Waals surface area contributed by atoms with E-state index in [9.17, 15) is 26.3 Å². The molecular formula is C13H17ClF6O. The van der Waals surface area contributed by atoms with Gasteiger partial charge in [-0.1, -0.05) is 0 Å². The van der Waals surface area contributed by atoms with Gasteiger partial charge >= 0.3 is 6.11 Å². The minimum absolute atomic E-state index is 0.101. The minimum atomic E-state index is -4.07. The molecule has 5 atom stereocenters. The molecule has 0 spiro atoms. The summed E-state index contributed by atoms with van der Waals surface area (Å²) in [5.74, 6) is -2.26. The first-order valence-corrected chi connectivity index (χ1v) is 7.40. The van der Waals surface area contributed by atoms with Crippen molar-refractivity contribution in [2.75, 3.05) is 0 Å². The van der Waals surface area contributed by atoms with Gasteiger partial charge in [0.1, 0.15) is 30.6 Å². The van der Waals surface area contributed by atoms with E-state index in [2.05, 4.69) is 4.74 Å². The Morgan fingerprint density at radius 2 is 1.38 bits per heavy atom. The Morgan fingerprint density at radius 3 is 1.90 bits per heavy atom. The van der Waals surface area contributed by atoms with Crippen LogP contribution in [0, 0.1) is 5.92 Å². The van der Waals surface area contributed by atoms with E-state index in [0.29, 0.717) is 0 Å². The molecule has 0 aromatic heterocycles. The molecule has 0 heterocycles. The lowest BCUT2D eigenvalue weighted by Gasteiger charge is -2.39. The Morgan fingerprint density at radius 1 is 0.810 bits per heavy atom. The molecule has 2 rings (SSSR count). The zero-order valence-electron chi connectivity index (χ0n) is 11.1. The number of ether oxygens (including phenoxy) is 1. The number of hydrogen-bond acceptors (Lipinski definition) is 1. The summed E-state index contributed by atoms with van der Waals surface area (Å²) in [5.41, 5.74) is 0. The third-order valence-corrected chi connectivity index (χ3v) is 4.45. The number of rotatable bonds is 3. The van der Waals surface area contributed by atoms with Crippen LogP contribution in [0.2, 0.25) is 0 Å². The molecule has 2 aliphatic carbocycles. The van der Waals surface area contributed by atoms with E-state index in [-0.39, 0.29) is 25.7 Å². The molecule has 0 amide bonds. The summed E-state index contributed by atoms with van der Waals surface area (Å²) in [4.78, 5) is 0. The summed E-state index contributed by atoms with van der Waals surface area (Å²) in [6.07, 6.45) is -14.8. The topological polar surface area (TPSA) is 9.23 Å². The lowest BCUT2D eigenvalue weighted by molar-refractivity contribution is -0.319. The van der Waals surface area contributed by atoms with Crippen molar-refractivity contribution in [3.63, 3.8) is 0 Å². The van der Waals surface area contributed by atoms with Crippen molar-refractivity contribution in [3.05, 3.63) is 0 Å². The molecule has 0 aromatic carbocycles. The fourth-order valence-corrected chi connectivity index (χ4v) is 3.32. The average Bonchev–Trinajstić information content (AvgIpc) is 2.31. The summed E-state index contributed by atoms with van der Waals surface area (Å²) in [6, 6.07) is 0. The van der Waals surface area contributed by atoms with Crippen molar-refractivity contribution < 1.29 is 31.1 Å². The maximum Gasteiger partial charge on any atom is 0.364 e. The standard InChI is InChI=1S/C13H17ClF6O/c14-6-3-10(17)12(11(18)4-6)13(19,20)21-7-1-2-8(15)9(16)5-7/h6-12H,1-5H2. The average molecular weight is 339 g/mol. The van der Waals surface area contributed by atoms with E-state index < -0.39 is 54.6 Å². The maximum atomic E-state index is 14.0. The quantitative estimate of drug-likeness (QED) is 0.543. The molecule has 2 saturated carbocycles. The largest absolute Gasteiger partial charge is 0.364 e. The van der Waals surface area contributed by atoms with Gasteiger partial charge in [-0.3, -0.25) is 0 Å². The van der Waals surface area contributed by atoms with Crippen LogP contribution in [0.15, 0.2) is 0 Å². The summed E-state index contributed by atoms with van der Waals surface area (Å²) < 4.78 is 86.0. The summed E-state index contributed by atoms with van der Waals surface area (Å²) in [5, 5.41) is -0.834. The Bertz CT molecular complexity index is 346. The van der Waals surface area contributed by atoms with Crippen LogP contribution in [-0.4, -0.2) is 42.3 Å². The molecular weight excluding hydrogens is 322 g/mol. The fourth-order valence-electron chi connectivity index (χ4n) is 2.98. The molecule has 5 unspecified atom stereocenters. The van der Waals surface area contributed by atoms with Crippen LogP contribution in [0.5, 0.6) is 0 Å². The molecule has 2 aliphatic rings. The molecule has 21 heavy (non-hydrogen) atoms. The van der Waals surface area contributed by atoms with Crippen molar-refractivity contribution >= 4 is 11.6 Å². The molecule has 0 N–H and O–H groups in total. The molecule has 1 nitrogen and oxygen atoms in total. The number of halogens is 7. The summed E-state index contributed by atoms with van der Waals surface area (Å²) in [6.45, 7) is 0. The van der Waals surface area contributed by atoms with Gasteiger partial charge in [-0.25, -0.2) is 17.6 Å². The Balaban J connectivity index is 2.00. The SMILES string of the molecule is FC1CCC(OC(F)(F)C2C(F)CC(Cl)CC2F)CC1F. The van der Waals surface area contributed by atoms with Crippen LogP contribution in [-0.2, 0) is 4.74 Å². The van der Waals surface area contributed by atoms with E-state index in [0.717, 1.165) is 0 Å². The molecule has 0 saturated heterocycles. The highest BCUT2D eigenvalue weighted by Crippen LogP contribution is 2.44. The van der Waals surface area contributed by atoms with Crippen LogP contribution in [0.1, 0.15) is 32.1 Å². The van der Waals surface area contributed by atoms with Crippen LogP contribution < -0.4 is 0 Å². The van der Waals surface area contributed by atoms with E-state index in [1.807, 2.05) is 0 Å². The van der Waals surface area contributed by atoms with Crippen LogP contribution in [0.25, 0.3) is 0 Å². The van der Waals surface area contributed by atoms with Gasteiger partial charge < -0.3 is 4.74 Å². The van der Waals surface area contributed by atoms with E-state index in [4.69, 9.17) is 11.6 Å². The van der Waals surface area contributed by atoms with Gasteiger partial charge in [-0.05, 0) is 25.7 Å². The summed E-state index contributed by atoms with van der Waals surface area (Å²) >= 11 is 5.59. The molecule has 8 heteroatoms. The maximum absolute atomic E-state index is 14.0.